The lowest BCUT2D eigenvalue weighted by molar-refractivity contribution is -0.147. The molecule has 1 nitrogen and oxygen atoms in total. The molecule has 0 spiro atoms. The maximum absolute atomic E-state index is 12.0. The van der Waals surface area contributed by atoms with Crippen LogP contribution in [-0.4, -0.2) is 18.1 Å². The highest BCUT2D eigenvalue weighted by molar-refractivity contribution is 4.94. The minimum absolute atomic E-state index is 0.755. The van der Waals surface area contributed by atoms with Gasteiger partial charge in [-0.05, 0) is 6.92 Å². The molecule has 1 aliphatic rings. The highest BCUT2D eigenvalue weighted by Gasteiger charge is 2.68. The highest BCUT2D eigenvalue weighted by Crippen LogP contribution is 2.47. The zero-order valence-electron chi connectivity index (χ0n) is 4.50. The number of rotatable bonds is 0. The molecule has 54 valence electrons. The molecule has 1 heterocycles. The number of hydrogen-bond donors (Lipinski definition) is 0. The second kappa shape index (κ2) is 1.39. The molecule has 0 aromatic heterocycles. The van der Waals surface area contributed by atoms with Gasteiger partial charge in [-0.3, -0.25) is 0 Å². The van der Waals surface area contributed by atoms with Crippen LogP contribution in [0.1, 0.15) is 6.92 Å². The number of halogens is 4. The lowest BCUT2D eigenvalue weighted by Gasteiger charge is -1.99. The van der Waals surface area contributed by atoms with E-state index in [0.717, 1.165) is 6.92 Å². The smallest absolute Gasteiger partial charge is 0.325 e. The van der Waals surface area contributed by atoms with Crippen LogP contribution in [0, 0.1) is 0 Å². The van der Waals surface area contributed by atoms with Crippen molar-refractivity contribution >= 4 is 0 Å². The summed E-state index contributed by atoms with van der Waals surface area (Å²) in [7, 11) is 0. The number of hydrogen-bond acceptors (Lipinski definition) is 1. The zero-order valence-corrected chi connectivity index (χ0v) is 4.50. The Morgan fingerprint density at radius 1 is 1.44 bits per heavy atom. The number of ether oxygens (including phenoxy) is 1. The van der Waals surface area contributed by atoms with Crippen LogP contribution in [0.5, 0.6) is 0 Å². The molecular weight excluding hydrogens is 140 g/mol. The van der Waals surface area contributed by atoms with Gasteiger partial charge in [0.05, 0.1) is 0 Å². The van der Waals surface area contributed by atoms with E-state index in [2.05, 4.69) is 4.74 Å². The lowest BCUT2D eigenvalue weighted by Crippen LogP contribution is -2.21. The molecule has 9 heavy (non-hydrogen) atoms. The standard InChI is InChI=1S/C4H4F4O/c1-3(5)2(9-3)4(6,7)8/h2H,1H3. The first-order chi connectivity index (χ1) is 3.84. The predicted octanol–water partition coefficient (Wildman–Crippen LogP) is 1.63. The van der Waals surface area contributed by atoms with Crippen molar-refractivity contribution < 1.29 is 22.3 Å². The topological polar surface area (TPSA) is 12.5 Å². The Balaban J connectivity index is 2.52. The quantitative estimate of drug-likeness (QED) is 0.372. The van der Waals surface area contributed by atoms with E-state index in [1.54, 1.807) is 0 Å². The molecular formula is C4H4F4O. The summed E-state index contributed by atoms with van der Waals surface area (Å²) in [6.07, 6.45) is -6.76. The summed E-state index contributed by atoms with van der Waals surface area (Å²) >= 11 is 0. The average molecular weight is 144 g/mol. The van der Waals surface area contributed by atoms with Crippen molar-refractivity contribution in [2.75, 3.05) is 0 Å². The minimum Gasteiger partial charge on any atom is -0.325 e. The van der Waals surface area contributed by atoms with Crippen molar-refractivity contribution in [3.8, 4) is 0 Å². The molecule has 2 atom stereocenters. The predicted molar refractivity (Wildman–Crippen MR) is 20.4 cm³/mol. The maximum Gasteiger partial charge on any atom is 0.420 e. The summed E-state index contributed by atoms with van der Waals surface area (Å²) in [6, 6.07) is 0. The molecule has 5 heteroatoms. The molecule has 1 fully saturated rings. The Bertz CT molecular complexity index is 127. The fourth-order valence-electron chi connectivity index (χ4n) is 0.556. The van der Waals surface area contributed by atoms with E-state index in [0.29, 0.717) is 0 Å². The van der Waals surface area contributed by atoms with Gasteiger partial charge in [0.25, 0.3) is 0 Å². The third-order valence-corrected chi connectivity index (χ3v) is 1.06. The van der Waals surface area contributed by atoms with Crippen molar-refractivity contribution in [3.05, 3.63) is 0 Å². The summed E-state index contributed by atoms with van der Waals surface area (Å²) in [4.78, 5) is 0. The van der Waals surface area contributed by atoms with Crippen LogP contribution >= 0.6 is 0 Å². The highest BCUT2D eigenvalue weighted by atomic mass is 19.4. The maximum atomic E-state index is 12.0. The van der Waals surface area contributed by atoms with E-state index in [1.807, 2.05) is 0 Å². The summed E-state index contributed by atoms with van der Waals surface area (Å²) in [5.41, 5.74) is 0. The van der Waals surface area contributed by atoms with Crippen LogP contribution in [-0.2, 0) is 4.74 Å². The van der Waals surface area contributed by atoms with Crippen LogP contribution in [0.4, 0.5) is 17.6 Å². The molecule has 0 radical (unpaired) electrons. The van der Waals surface area contributed by atoms with Gasteiger partial charge in [0.2, 0.25) is 12.0 Å². The summed E-state index contributed by atoms with van der Waals surface area (Å²) < 4.78 is 49.8. The molecule has 0 amide bonds. The summed E-state index contributed by atoms with van der Waals surface area (Å²) in [5, 5.41) is 0. The Labute approximate surface area is 48.6 Å². The van der Waals surface area contributed by atoms with E-state index in [9.17, 15) is 17.6 Å². The van der Waals surface area contributed by atoms with Gasteiger partial charge in [0.1, 0.15) is 0 Å². The van der Waals surface area contributed by atoms with Crippen LogP contribution in [0.15, 0.2) is 0 Å². The van der Waals surface area contributed by atoms with Gasteiger partial charge in [-0.25, -0.2) is 4.39 Å². The second-order valence-corrected chi connectivity index (χ2v) is 2.03. The third kappa shape index (κ3) is 1.15. The van der Waals surface area contributed by atoms with E-state index in [-0.39, 0.29) is 0 Å². The first-order valence-electron chi connectivity index (χ1n) is 2.27. The van der Waals surface area contributed by atoms with Gasteiger partial charge in [-0.1, -0.05) is 0 Å². The number of alkyl halides is 4. The lowest BCUT2D eigenvalue weighted by atomic mass is 10.3. The van der Waals surface area contributed by atoms with Gasteiger partial charge in [0, 0.05) is 0 Å². The fraction of sp³-hybridized carbons (Fsp3) is 1.00. The second-order valence-electron chi connectivity index (χ2n) is 2.03. The molecule has 0 aromatic rings. The van der Waals surface area contributed by atoms with Crippen LogP contribution in [0.25, 0.3) is 0 Å². The van der Waals surface area contributed by atoms with E-state index in [1.165, 1.54) is 0 Å². The molecule has 0 aliphatic carbocycles. The van der Waals surface area contributed by atoms with Gasteiger partial charge in [-0.2, -0.15) is 13.2 Å². The molecule has 1 saturated heterocycles. The molecule has 2 unspecified atom stereocenters. The SMILES string of the molecule is CC1(F)OC1C(F)(F)F. The fourth-order valence-corrected chi connectivity index (χ4v) is 0.556. The summed E-state index contributed by atoms with van der Waals surface area (Å²) in [5.74, 6) is -2.47. The van der Waals surface area contributed by atoms with Crippen molar-refractivity contribution in [2.45, 2.75) is 25.1 Å². The largest absolute Gasteiger partial charge is 0.420 e. The molecule has 0 aromatic carbocycles. The van der Waals surface area contributed by atoms with E-state index >= 15 is 0 Å². The monoisotopic (exact) mass is 144 g/mol. The number of epoxide rings is 1. The normalized spacial score (nSPS) is 43.0. The van der Waals surface area contributed by atoms with E-state index < -0.39 is 18.1 Å². The Hall–Kier alpha value is -0.320. The van der Waals surface area contributed by atoms with Gasteiger partial charge >= 0.3 is 6.18 Å². The molecule has 1 aliphatic heterocycles. The Kier molecular flexibility index (Phi) is 1.05. The van der Waals surface area contributed by atoms with Gasteiger partial charge in [0.15, 0.2) is 0 Å². The van der Waals surface area contributed by atoms with Crippen molar-refractivity contribution in [1.82, 2.24) is 0 Å². The first-order valence-corrected chi connectivity index (χ1v) is 2.27. The van der Waals surface area contributed by atoms with Crippen molar-refractivity contribution in [3.63, 3.8) is 0 Å². The first kappa shape index (κ1) is 6.80. The van der Waals surface area contributed by atoms with Crippen LogP contribution in [0.3, 0.4) is 0 Å². The minimum atomic E-state index is -4.55. The Morgan fingerprint density at radius 3 is 1.78 bits per heavy atom. The third-order valence-electron chi connectivity index (χ3n) is 1.06. The van der Waals surface area contributed by atoms with Gasteiger partial charge < -0.3 is 4.74 Å². The van der Waals surface area contributed by atoms with E-state index in [4.69, 9.17) is 0 Å². The van der Waals surface area contributed by atoms with Crippen molar-refractivity contribution in [1.29, 1.82) is 0 Å². The van der Waals surface area contributed by atoms with Gasteiger partial charge in [-0.15, -0.1) is 0 Å². The molecule has 0 saturated carbocycles. The van der Waals surface area contributed by atoms with Crippen molar-refractivity contribution in [2.24, 2.45) is 0 Å². The zero-order chi connectivity index (χ0) is 7.28. The average Bonchev–Trinajstić information content (AvgIpc) is 2.10. The molecule has 1 rings (SSSR count). The molecule has 0 N–H and O–H groups in total. The van der Waals surface area contributed by atoms with Crippen LogP contribution in [0.2, 0.25) is 0 Å². The Morgan fingerprint density at radius 2 is 1.78 bits per heavy atom. The molecule has 0 bridgehead atoms. The summed E-state index contributed by atoms with van der Waals surface area (Å²) in [6.45, 7) is 0.755. The van der Waals surface area contributed by atoms with Crippen LogP contribution < -0.4 is 0 Å².